The molecule has 0 saturated carbocycles. The van der Waals surface area contributed by atoms with Crippen molar-refractivity contribution in [1.82, 2.24) is 14.9 Å². The third kappa shape index (κ3) is 2.14. The van der Waals surface area contributed by atoms with Crippen molar-refractivity contribution >= 4 is 38.5 Å². The van der Waals surface area contributed by atoms with Crippen LogP contribution in [0, 0.1) is 0 Å². The maximum Gasteiger partial charge on any atom is 0.407 e. The Kier molecular flexibility index (Phi) is 2.86. The molecule has 0 aromatic carbocycles. The fraction of sp³-hybridized carbons (Fsp3) is 0.364. The van der Waals surface area contributed by atoms with E-state index >= 15 is 0 Å². The predicted octanol–water partition coefficient (Wildman–Crippen LogP) is 1.07. The lowest BCUT2D eigenvalue weighted by Crippen LogP contribution is -2.48. The number of nitrogen functional groups attached to an aromatic ring is 1. The lowest BCUT2D eigenvalue weighted by molar-refractivity contribution is 0.142. The number of amides is 1. The first-order valence-electron chi connectivity index (χ1n) is 5.88. The average molecular weight is 279 g/mol. The van der Waals surface area contributed by atoms with E-state index in [1.54, 1.807) is 0 Å². The van der Waals surface area contributed by atoms with Gasteiger partial charge >= 0.3 is 6.09 Å². The van der Waals surface area contributed by atoms with Gasteiger partial charge in [0.05, 0.1) is 10.4 Å². The standard InChI is InChI=1S/C11H13N5O2S/c12-8-5-7-9(13-6-14-10(7)19-8)15-1-3-16(4-2-15)11(17)18/h5-6H,1-4,12H2,(H,17,18). The third-order valence-corrected chi connectivity index (χ3v) is 4.05. The van der Waals surface area contributed by atoms with Gasteiger partial charge in [-0.3, -0.25) is 0 Å². The number of anilines is 2. The van der Waals surface area contributed by atoms with Gasteiger partial charge in [-0.05, 0) is 6.07 Å². The van der Waals surface area contributed by atoms with Gasteiger partial charge in [0, 0.05) is 26.2 Å². The molecule has 0 spiro atoms. The van der Waals surface area contributed by atoms with Gasteiger partial charge in [0.15, 0.2) is 0 Å². The summed E-state index contributed by atoms with van der Waals surface area (Å²) in [5.74, 6) is 0.836. The van der Waals surface area contributed by atoms with Crippen LogP contribution in [0.25, 0.3) is 10.2 Å². The second-order valence-corrected chi connectivity index (χ2v) is 5.38. The van der Waals surface area contributed by atoms with Crippen LogP contribution >= 0.6 is 11.3 Å². The summed E-state index contributed by atoms with van der Waals surface area (Å²) in [6.07, 6.45) is 0.657. The maximum absolute atomic E-state index is 10.9. The Morgan fingerprint density at radius 1 is 1.32 bits per heavy atom. The molecule has 1 fully saturated rings. The zero-order chi connectivity index (χ0) is 13.4. The number of hydrogen-bond acceptors (Lipinski definition) is 6. The van der Waals surface area contributed by atoms with Gasteiger partial charge in [-0.1, -0.05) is 11.3 Å². The van der Waals surface area contributed by atoms with Crippen molar-refractivity contribution in [2.45, 2.75) is 0 Å². The molecule has 1 aliphatic rings. The maximum atomic E-state index is 10.9. The first-order chi connectivity index (χ1) is 9.15. The second-order valence-electron chi connectivity index (χ2n) is 4.32. The van der Waals surface area contributed by atoms with E-state index in [0.29, 0.717) is 31.2 Å². The highest BCUT2D eigenvalue weighted by Crippen LogP contribution is 2.31. The molecule has 3 rings (SSSR count). The number of carboxylic acid groups (broad SMARTS) is 1. The minimum absolute atomic E-state index is 0.487. The summed E-state index contributed by atoms with van der Waals surface area (Å²) >= 11 is 1.43. The van der Waals surface area contributed by atoms with Crippen LogP contribution in [0.3, 0.4) is 0 Å². The molecular formula is C11H13N5O2S. The van der Waals surface area contributed by atoms with Crippen molar-refractivity contribution in [3.8, 4) is 0 Å². The van der Waals surface area contributed by atoms with Gasteiger partial charge < -0.3 is 20.6 Å². The van der Waals surface area contributed by atoms with Gasteiger partial charge in [0.1, 0.15) is 17.0 Å². The number of rotatable bonds is 1. The summed E-state index contributed by atoms with van der Waals surface area (Å²) in [5.41, 5.74) is 5.80. The van der Waals surface area contributed by atoms with E-state index < -0.39 is 6.09 Å². The number of piperazine rings is 1. The predicted molar refractivity (Wildman–Crippen MR) is 73.6 cm³/mol. The highest BCUT2D eigenvalue weighted by Gasteiger charge is 2.22. The topological polar surface area (TPSA) is 95.6 Å². The second kappa shape index (κ2) is 4.54. The monoisotopic (exact) mass is 279 g/mol. The van der Waals surface area contributed by atoms with Gasteiger partial charge in [-0.2, -0.15) is 0 Å². The van der Waals surface area contributed by atoms with Crippen molar-refractivity contribution in [2.24, 2.45) is 0 Å². The molecule has 0 aliphatic carbocycles. The molecule has 0 bridgehead atoms. The molecule has 3 N–H and O–H groups in total. The average Bonchev–Trinajstić information content (AvgIpc) is 2.78. The van der Waals surface area contributed by atoms with Gasteiger partial charge in [-0.15, -0.1) is 0 Å². The molecule has 0 radical (unpaired) electrons. The van der Waals surface area contributed by atoms with Crippen molar-refractivity contribution in [1.29, 1.82) is 0 Å². The van der Waals surface area contributed by atoms with Crippen LogP contribution in [0.15, 0.2) is 12.4 Å². The van der Waals surface area contributed by atoms with Crippen LogP contribution in [0.5, 0.6) is 0 Å². The minimum atomic E-state index is -0.868. The Morgan fingerprint density at radius 3 is 2.74 bits per heavy atom. The van der Waals surface area contributed by atoms with E-state index in [2.05, 4.69) is 14.9 Å². The summed E-state index contributed by atoms with van der Waals surface area (Å²) in [4.78, 5) is 23.7. The number of nitrogens with zero attached hydrogens (tertiary/aromatic N) is 4. The molecule has 2 aromatic heterocycles. The first-order valence-corrected chi connectivity index (χ1v) is 6.69. The Morgan fingerprint density at radius 2 is 2.05 bits per heavy atom. The van der Waals surface area contributed by atoms with Gasteiger partial charge in [0.25, 0.3) is 0 Å². The summed E-state index contributed by atoms with van der Waals surface area (Å²) < 4.78 is 0. The molecule has 0 unspecified atom stereocenters. The first kappa shape index (κ1) is 12.0. The normalized spacial score (nSPS) is 16.0. The summed E-state index contributed by atoms with van der Waals surface area (Å²) in [6.45, 7) is 2.24. The fourth-order valence-corrected chi connectivity index (χ4v) is 2.98. The smallest absolute Gasteiger partial charge is 0.407 e. The van der Waals surface area contributed by atoms with Crippen LogP contribution in [-0.4, -0.2) is 52.2 Å². The number of hydrogen-bond donors (Lipinski definition) is 2. The van der Waals surface area contributed by atoms with Crippen LogP contribution in [0.2, 0.25) is 0 Å². The van der Waals surface area contributed by atoms with E-state index in [4.69, 9.17) is 10.8 Å². The minimum Gasteiger partial charge on any atom is -0.465 e. The fourth-order valence-electron chi connectivity index (χ4n) is 2.22. The number of carbonyl (C=O) groups is 1. The molecule has 0 atom stereocenters. The van der Waals surface area contributed by atoms with E-state index in [1.807, 2.05) is 6.07 Å². The lowest BCUT2D eigenvalue weighted by atomic mass is 10.3. The number of aromatic nitrogens is 2. The Hall–Kier alpha value is -2.09. The van der Waals surface area contributed by atoms with Crippen LogP contribution in [0.1, 0.15) is 0 Å². The van der Waals surface area contributed by atoms with Crippen LogP contribution in [-0.2, 0) is 0 Å². The summed E-state index contributed by atoms with van der Waals surface area (Å²) in [6, 6.07) is 1.87. The molecule has 1 amide bonds. The molecule has 2 aromatic rings. The molecular weight excluding hydrogens is 266 g/mol. The summed E-state index contributed by atoms with van der Waals surface area (Å²) in [5, 5.41) is 10.6. The number of fused-ring (bicyclic) bond motifs is 1. The molecule has 1 aliphatic heterocycles. The van der Waals surface area contributed by atoms with Gasteiger partial charge in [-0.25, -0.2) is 14.8 Å². The summed E-state index contributed by atoms with van der Waals surface area (Å²) in [7, 11) is 0. The molecule has 1 saturated heterocycles. The molecule has 7 nitrogen and oxygen atoms in total. The van der Waals surface area contributed by atoms with Crippen molar-refractivity contribution in [3.63, 3.8) is 0 Å². The Bertz CT molecular complexity index is 621. The van der Waals surface area contributed by atoms with Crippen molar-refractivity contribution in [3.05, 3.63) is 12.4 Å². The van der Waals surface area contributed by atoms with E-state index in [-0.39, 0.29) is 0 Å². The number of thiophene rings is 1. The molecule has 8 heteroatoms. The Labute approximate surface area is 113 Å². The highest BCUT2D eigenvalue weighted by atomic mass is 32.1. The van der Waals surface area contributed by atoms with E-state index in [9.17, 15) is 4.79 Å². The van der Waals surface area contributed by atoms with Crippen molar-refractivity contribution in [2.75, 3.05) is 36.8 Å². The molecule has 19 heavy (non-hydrogen) atoms. The van der Waals surface area contributed by atoms with E-state index in [0.717, 1.165) is 16.0 Å². The molecule has 100 valence electrons. The number of nitrogens with two attached hydrogens (primary N) is 1. The molecule has 3 heterocycles. The lowest BCUT2D eigenvalue weighted by Gasteiger charge is -2.33. The Balaban J connectivity index is 1.87. The third-order valence-electron chi connectivity index (χ3n) is 3.18. The highest BCUT2D eigenvalue weighted by molar-refractivity contribution is 7.22. The van der Waals surface area contributed by atoms with Crippen molar-refractivity contribution < 1.29 is 9.90 Å². The van der Waals surface area contributed by atoms with E-state index in [1.165, 1.54) is 22.6 Å². The zero-order valence-corrected chi connectivity index (χ0v) is 10.9. The zero-order valence-electron chi connectivity index (χ0n) is 10.1. The van der Waals surface area contributed by atoms with Crippen LogP contribution < -0.4 is 10.6 Å². The largest absolute Gasteiger partial charge is 0.465 e. The van der Waals surface area contributed by atoms with Crippen LogP contribution in [0.4, 0.5) is 15.6 Å². The van der Waals surface area contributed by atoms with Gasteiger partial charge in [0.2, 0.25) is 0 Å². The quantitative estimate of drug-likeness (QED) is 0.810. The SMILES string of the molecule is Nc1cc2c(N3CCN(C(=O)O)CC3)ncnc2s1.